The summed E-state index contributed by atoms with van der Waals surface area (Å²) >= 11 is 6.41. The normalized spacial score (nSPS) is 17.3. The van der Waals surface area contributed by atoms with E-state index in [2.05, 4.69) is 27.5 Å². The molecule has 228 valence electrons. The summed E-state index contributed by atoms with van der Waals surface area (Å²) in [7, 11) is 0. The fraction of sp³-hybridized carbons (Fsp3) is 0.433. The van der Waals surface area contributed by atoms with Crippen LogP contribution in [0.2, 0.25) is 5.02 Å². The van der Waals surface area contributed by atoms with E-state index in [0.29, 0.717) is 56.0 Å². The molecule has 1 saturated heterocycles. The Kier molecular flexibility index (Phi) is 9.85. The van der Waals surface area contributed by atoms with Crippen LogP contribution in [0.5, 0.6) is 6.01 Å². The Balaban J connectivity index is 1.45. The highest BCUT2D eigenvalue weighted by Gasteiger charge is 2.32. The number of nitrogens with zero attached hydrogens (tertiary/aromatic N) is 6. The van der Waals surface area contributed by atoms with Gasteiger partial charge >= 0.3 is 6.01 Å². The van der Waals surface area contributed by atoms with Gasteiger partial charge in [0, 0.05) is 55.3 Å². The maximum absolute atomic E-state index is 14.4. The molecule has 0 radical (unpaired) electrons. The largest absolute Gasteiger partial charge is 0.463 e. The lowest BCUT2D eigenvalue weighted by Crippen LogP contribution is -2.54. The third kappa shape index (κ3) is 7.12. The number of hydrogen-bond acceptors (Lipinski definition) is 8. The molecule has 2 aliphatic rings. The van der Waals surface area contributed by atoms with E-state index in [1.165, 1.54) is 6.07 Å². The highest BCUT2D eigenvalue weighted by Crippen LogP contribution is 2.38. The van der Waals surface area contributed by atoms with Crippen LogP contribution in [0.15, 0.2) is 42.7 Å². The summed E-state index contributed by atoms with van der Waals surface area (Å²) < 4.78 is 64.2. The van der Waals surface area contributed by atoms with Crippen LogP contribution in [0.4, 0.5) is 29.1 Å². The van der Waals surface area contributed by atoms with Gasteiger partial charge in [0.2, 0.25) is 6.43 Å². The fourth-order valence-corrected chi connectivity index (χ4v) is 5.81. The zero-order valence-electron chi connectivity index (χ0n) is 23.4. The maximum Gasteiger partial charge on any atom is 0.318 e. The van der Waals surface area contributed by atoms with E-state index in [4.69, 9.17) is 21.1 Å². The molecule has 13 heteroatoms. The SMILES string of the molecule is C=C(F)COCN1CCN(c2nc(OCCC(F)F)nc3c2CCN(c2cccc4ccc(F)c(Cl)c24)C3)C[C@@H]1CC#N. The van der Waals surface area contributed by atoms with Crippen molar-refractivity contribution in [2.75, 3.05) is 55.9 Å². The molecule has 0 amide bonds. The first kappa shape index (κ1) is 30.8. The summed E-state index contributed by atoms with van der Waals surface area (Å²) in [5.41, 5.74) is 2.31. The van der Waals surface area contributed by atoms with Gasteiger partial charge < -0.3 is 19.3 Å². The topological polar surface area (TPSA) is 77.8 Å². The van der Waals surface area contributed by atoms with E-state index in [1.807, 2.05) is 28.0 Å². The minimum atomic E-state index is -2.53. The average molecular weight is 619 g/mol. The lowest BCUT2D eigenvalue weighted by atomic mass is 10.0. The molecule has 2 aromatic carbocycles. The van der Waals surface area contributed by atoms with Gasteiger partial charge in [-0.1, -0.05) is 36.4 Å². The molecule has 3 heterocycles. The number of fused-ring (bicyclic) bond motifs is 2. The molecule has 0 saturated carbocycles. The molecule has 5 rings (SSSR count). The minimum absolute atomic E-state index is 0.0118. The van der Waals surface area contributed by atoms with Gasteiger partial charge in [-0.25, -0.2) is 17.6 Å². The van der Waals surface area contributed by atoms with E-state index in [0.717, 1.165) is 16.6 Å². The summed E-state index contributed by atoms with van der Waals surface area (Å²) in [5.74, 6) is -0.462. The smallest absolute Gasteiger partial charge is 0.318 e. The first-order chi connectivity index (χ1) is 20.7. The van der Waals surface area contributed by atoms with E-state index in [-0.39, 0.29) is 43.4 Å². The van der Waals surface area contributed by atoms with Gasteiger partial charge in [-0.05, 0) is 23.9 Å². The molecule has 1 aromatic heterocycles. The Hall–Kier alpha value is -3.66. The van der Waals surface area contributed by atoms with Crippen molar-refractivity contribution < 1.29 is 27.0 Å². The van der Waals surface area contributed by atoms with Crippen molar-refractivity contribution in [1.82, 2.24) is 14.9 Å². The van der Waals surface area contributed by atoms with Crippen molar-refractivity contribution in [2.24, 2.45) is 0 Å². The third-order valence-corrected chi connectivity index (χ3v) is 7.96. The molecular weight excluding hydrogens is 588 g/mol. The molecule has 0 N–H and O–H groups in total. The summed E-state index contributed by atoms with van der Waals surface area (Å²) in [4.78, 5) is 15.3. The number of ether oxygens (including phenoxy) is 2. The van der Waals surface area contributed by atoms with Crippen LogP contribution < -0.4 is 14.5 Å². The predicted molar refractivity (Wildman–Crippen MR) is 156 cm³/mol. The number of nitriles is 1. The van der Waals surface area contributed by atoms with Crippen LogP contribution in [0.1, 0.15) is 24.1 Å². The number of rotatable bonds is 11. The second kappa shape index (κ2) is 13.8. The van der Waals surface area contributed by atoms with E-state index in [1.54, 1.807) is 6.07 Å². The first-order valence-corrected chi connectivity index (χ1v) is 14.3. The molecule has 43 heavy (non-hydrogen) atoms. The predicted octanol–water partition coefficient (Wildman–Crippen LogP) is 5.88. The van der Waals surface area contributed by atoms with Gasteiger partial charge in [0.05, 0.1) is 49.7 Å². The van der Waals surface area contributed by atoms with Crippen LogP contribution in [0, 0.1) is 17.1 Å². The number of aromatic nitrogens is 2. The van der Waals surface area contributed by atoms with Crippen LogP contribution >= 0.6 is 11.6 Å². The molecule has 0 unspecified atom stereocenters. The van der Waals surface area contributed by atoms with Crippen molar-refractivity contribution in [3.05, 3.63) is 64.8 Å². The lowest BCUT2D eigenvalue weighted by molar-refractivity contribution is 0.00583. The standard InChI is InChI=1S/C30H31ClF4N6O2/c1-19(32)17-42-18-41-13-12-40(15-21(41)7-10-36)29-22-8-11-39(16-24(22)37-30(38-29)43-14-9-26(34)35)25-4-2-3-20-5-6-23(33)28(31)27(20)25/h2-6,21,26H,1,7-9,11-18H2/t21-/m0/s1. The van der Waals surface area contributed by atoms with Gasteiger partial charge in [-0.2, -0.15) is 15.2 Å². The molecule has 1 atom stereocenters. The molecule has 0 aliphatic carbocycles. The Bertz CT molecular complexity index is 1520. The highest BCUT2D eigenvalue weighted by atomic mass is 35.5. The number of alkyl halides is 2. The van der Waals surface area contributed by atoms with Gasteiger partial charge in [0.1, 0.15) is 17.5 Å². The van der Waals surface area contributed by atoms with Crippen LogP contribution in [0.25, 0.3) is 10.8 Å². The molecule has 8 nitrogen and oxygen atoms in total. The summed E-state index contributed by atoms with van der Waals surface area (Å²) in [6, 6.07) is 10.6. The van der Waals surface area contributed by atoms with Gasteiger partial charge in [-0.3, -0.25) is 4.90 Å². The minimum Gasteiger partial charge on any atom is -0.463 e. The number of benzene rings is 2. The molecule has 0 bridgehead atoms. The Morgan fingerprint density at radius 3 is 2.77 bits per heavy atom. The van der Waals surface area contributed by atoms with Crippen molar-refractivity contribution in [3.8, 4) is 12.1 Å². The summed E-state index contributed by atoms with van der Waals surface area (Å²) in [5, 5.41) is 10.9. The third-order valence-electron chi connectivity index (χ3n) is 7.59. The highest BCUT2D eigenvalue weighted by molar-refractivity contribution is 6.36. The second-order valence-corrected chi connectivity index (χ2v) is 10.8. The van der Waals surface area contributed by atoms with Crippen LogP contribution in [-0.4, -0.2) is 73.5 Å². The van der Waals surface area contributed by atoms with Gasteiger partial charge in [0.25, 0.3) is 0 Å². The zero-order chi connectivity index (χ0) is 30.5. The van der Waals surface area contributed by atoms with Crippen molar-refractivity contribution in [1.29, 1.82) is 5.26 Å². The molecule has 2 aliphatic heterocycles. The van der Waals surface area contributed by atoms with Gasteiger partial charge in [0.15, 0.2) is 0 Å². The van der Waals surface area contributed by atoms with Crippen LogP contribution in [-0.2, 0) is 17.7 Å². The summed E-state index contributed by atoms with van der Waals surface area (Å²) in [6.07, 6.45) is -2.22. The van der Waals surface area contributed by atoms with Gasteiger partial charge in [-0.15, -0.1) is 0 Å². The number of halogens is 5. The van der Waals surface area contributed by atoms with Crippen LogP contribution in [0.3, 0.4) is 0 Å². The first-order valence-electron chi connectivity index (χ1n) is 13.9. The number of anilines is 2. The summed E-state index contributed by atoms with van der Waals surface area (Å²) in [6.45, 7) is 5.29. The lowest BCUT2D eigenvalue weighted by Gasteiger charge is -2.42. The molecule has 1 fully saturated rings. The Labute approximate surface area is 252 Å². The van der Waals surface area contributed by atoms with E-state index < -0.39 is 24.5 Å². The molecule has 3 aromatic rings. The van der Waals surface area contributed by atoms with Crippen molar-refractivity contribution >= 4 is 33.9 Å². The quantitative estimate of drug-likeness (QED) is 0.247. The molecule has 0 spiro atoms. The molecular formula is C30H31ClF4N6O2. The number of hydrogen-bond donors (Lipinski definition) is 0. The monoisotopic (exact) mass is 618 g/mol. The van der Waals surface area contributed by atoms with Crippen molar-refractivity contribution in [2.45, 2.75) is 38.3 Å². The van der Waals surface area contributed by atoms with Crippen molar-refractivity contribution in [3.63, 3.8) is 0 Å². The average Bonchev–Trinajstić information content (AvgIpc) is 2.98. The number of piperazine rings is 1. The zero-order valence-corrected chi connectivity index (χ0v) is 24.2. The van der Waals surface area contributed by atoms with E-state index in [9.17, 15) is 22.8 Å². The van der Waals surface area contributed by atoms with E-state index >= 15 is 0 Å². The second-order valence-electron chi connectivity index (χ2n) is 10.5. The fourth-order valence-electron chi connectivity index (χ4n) is 5.54. The maximum atomic E-state index is 14.4. The Morgan fingerprint density at radius 2 is 2.00 bits per heavy atom. The Morgan fingerprint density at radius 1 is 1.16 bits per heavy atom.